The van der Waals surface area contributed by atoms with Crippen molar-refractivity contribution in [3.05, 3.63) is 71.5 Å². The minimum atomic E-state index is -0.594. The van der Waals surface area contributed by atoms with Crippen molar-refractivity contribution in [3.8, 4) is 11.1 Å². The molecule has 6 nitrogen and oxygen atoms in total. The van der Waals surface area contributed by atoms with Crippen LogP contribution in [0.3, 0.4) is 0 Å². The van der Waals surface area contributed by atoms with Crippen LogP contribution in [0, 0.1) is 0 Å². The minimum absolute atomic E-state index is 0.000609. The Morgan fingerprint density at radius 3 is 2.36 bits per heavy atom. The van der Waals surface area contributed by atoms with Crippen molar-refractivity contribution in [2.75, 3.05) is 18.5 Å². The van der Waals surface area contributed by atoms with Gasteiger partial charge in [-0.25, -0.2) is 4.79 Å². The second kappa shape index (κ2) is 7.13. The fourth-order valence-electron chi connectivity index (χ4n) is 3.47. The van der Waals surface area contributed by atoms with E-state index in [4.69, 9.17) is 9.26 Å². The van der Waals surface area contributed by atoms with Gasteiger partial charge in [-0.15, -0.1) is 0 Å². The normalized spacial score (nSPS) is 13.1. The zero-order valence-corrected chi connectivity index (χ0v) is 15.8. The lowest BCUT2D eigenvalue weighted by Gasteiger charge is -2.16. The Bertz CT molecular complexity index is 964. The average molecular weight is 378 g/mol. The van der Waals surface area contributed by atoms with Gasteiger partial charge in [-0.05, 0) is 22.3 Å². The van der Waals surface area contributed by atoms with E-state index in [0.29, 0.717) is 5.76 Å². The summed E-state index contributed by atoms with van der Waals surface area (Å²) in [6.07, 6.45) is -0.594. The Balaban J connectivity index is 1.44. The Morgan fingerprint density at radius 1 is 1.14 bits per heavy atom. The molecule has 1 heterocycles. The first-order chi connectivity index (χ1) is 13.5. The highest BCUT2D eigenvalue weighted by molar-refractivity contribution is 5.84. The van der Waals surface area contributed by atoms with Crippen molar-refractivity contribution in [3.63, 3.8) is 0 Å². The van der Waals surface area contributed by atoms with Crippen LogP contribution in [-0.2, 0) is 10.2 Å². The predicted octanol–water partition coefficient (Wildman–Crippen LogP) is 4.31. The predicted molar refractivity (Wildman–Crippen MR) is 105 cm³/mol. The molecule has 0 unspecified atom stereocenters. The van der Waals surface area contributed by atoms with Gasteiger partial charge in [-0.1, -0.05) is 67.5 Å². The average Bonchev–Trinajstić information content (AvgIpc) is 3.30. The summed E-state index contributed by atoms with van der Waals surface area (Å²) in [5.74, 6) is 0.747. The van der Waals surface area contributed by atoms with Gasteiger partial charge >= 0.3 is 6.09 Å². The molecule has 1 amide bonds. The number of hydrogen-bond donors (Lipinski definition) is 2. The van der Waals surface area contributed by atoms with Gasteiger partial charge in [0.05, 0.1) is 6.61 Å². The molecule has 1 aliphatic carbocycles. The van der Waals surface area contributed by atoms with E-state index in [0.717, 1.165) is 11.1 Å². The molecule has 1 aliphatic rings. The van der Waals surface area contributed by atoms with Crippen molar-refractivity contribution in [2.24, 2.45) is 0 Å². The SMILES string of the molecule is CC(C)(CO)c1cc(NC(=O)OCC2c3ccccc3-c3ccccc32)no1. The van der Waals surface area contributed by atoms with Gasteiger partial charge in [0, 0.05) is 17.4 Å². The van der Waals surface area contributed by atoms with E-state index >= 15 is 0 Å². The molecule has 0 atom stereocenters. The van der Waals surface area contributed by atoms with Crippen LogP contribution in [0.15, 0.2) is 59.1 Å². The number of nitrogens with zero attached hydrogens (tertiary/aromatic N) is 1. The third kappa shape index (κ3) is 3.27. The van der Waals surface area contributed by atoms with E-state index in [1.54, 1.807) is 6.07 Å². The molecular formula is C22H22N2O4. The summed E-state index contributed by atoms with van der Waals surface area (Å²) in [4.78, 5) is 12.3. The number of anilines is 1. The van der Waals surface area contributed by atoms with Crippen LogP contribution < -0.4 is 5.32 Å². The highest BCUT2D eigenvalue weighted by atomic mass is 16.5. The molecule has 0 spiro atoms. The van der Waals surface area contributed by atoms with E-state index in [9.17, 15) is 9.90 Å². The highest BCUT2D eigenvalue weighted by Gasteiger charge is 2.29. The first-order valence-corrected chi connectivity index (χ1v) is 9.19. The van der Waals surface area contributed by atoms with Gasteiger partial charge in [-0.3, -0.25) is 5.32 Å². The summed E-state index contributed by atoms with van der Waals surface area (Å²) < 4.78 is 10.7. The first-order valence-electron chi connectivity index (χ1n) is 9.19. The fourth-order valence-corrected chi connectivity index (χ4v) is 3.47. The number of fused-ring (bicyclic) bond motifs is 3. The standard InChI is InChI=1S/C22H22N2O4/c1-22(2,13-25)19-11-20(24-28-19)23-21(26)27-12-18-16-9-5-3-7-14(16)15-8-4-6-10-17(15)18/h3-11,18,25H,12-13H2,1-2H3,(H,23,24,26). The van der Waals surface area contributed by atoms with Gasteiger partial charge in [0.2, 0.25) is 0 Å². The zero-order valence-electron chi connectivity index (χ0n) is 15.8. The fraction of sp³-hybridized carbons (Fsp3) is 0.273. The topological polar surface area (TPSA) is 84.6 Å². The van der Waals surface area contributed by atoms with Crippen molar-refractivity contribution in [1.82, 2.24) is 5.16 Å². The Hall–Kier alpha value is -3.12. The number of aliphatic hydroxyl groups is 1. The Kier molecular flexibility index (Phi) is 4.65. The largest absolute Gasteiger partial charge is 0.448 e. The second-order valence-corrected chi connectivity index (χ2v) is 7.57. The van der Waals surface area contributed by atoms with E-state index in [2.05, 4.69) is 34.7 Å². The van der Waals surface area contributed by atoms with Crippen molar-refractivity contribution < 1.29 is 19.2 Å². The Labute approximate surface area is 163 Å². The molecule has 0 aliphatic heterocycles. The number of ether oxygens (including phenoxy) is 1. The molecule has 1 aromatic heterocycles. The molecule has 0 saturated carbocycles. The van der Waals surface area contributed by atoms with Crippen LogP contribution in [0.5, 0.6) is 0 Å². The smallest absolute Gasteiger partial charge is 0.412 e. The quantitative estimate of drug-likeness (QED) is 0.691. The summed E-state index contributed by atoms with van der Waals surface area (Å²) in [5.41, 5.74) is 4.10. The Morgan fingerprint density at radius 2 is 1.75 bits per heavy atom. The highest BCUT2D eigenvalue weighted by Crippen LogP contribution is 2.44. The number of rotatable bonds is 5. The molecule has 0 radical (unpaired) electrons. The van der Waals surface area contributed by atoms with Crippen molar-refractivity contribution >= 4 is 11.9 Å². The second-order valence-electron chi connectivity index (χ2n) is 7.57. The minimum Gasteiger partial charge on any atom is -0.448 e. The molecule has 144 valence electrons. The lowest BCUT2D eigenvalue weighted by Crippen LogP contribution is -2.21. The van der Waals surface area contributed by atoms with Gasteiger partial charge in [-0.2, -0.15) is 0 Å². The van der Waals surface area contributed by atoms with Crippen LogP contribution in [0.25, 0.3) is 11.1 Å². The number of amides is 1. The number of hydrogen-bond acceptors (Lipinski definition) is 5. The molecule has 4 rings (SSSR count). The molecule has 2 N–H and O–H groups in total. The molecule has 2 aromatic carbocycles. The number of aliphatic hydroxyl groups excluding tert-OH is 1. The lowest BCUT2D eigenvalue weighted by atomic mass is 9.92. The van der Waals surface area contributed by atoms with Crippen LogP contribution in [0.1, 0.15) is 36.7 Å². The van der Waals surface area contributed by atoms with E-state index < -0.39 is 11.5 Å². The van der Waals surface area contributed by atoms with E-state index in [1.807, 2.05) is 38.1 Å². The summed E-state index contributed by atoms with van der Waals surface area (Å²) in [5, 5.41) is 15.8. The monoisotopic (exact) mass is 378 g/mol. The summed E-state index contributed by atoms with van der Waals surface area (Å²) in [6, 6.07) is 17.9. The maximum atomic E-state index is 12.3. The third-order valence-electron chi connectivity index (χ3n) is 5.15. The molecular weight excluding hydrogens is 356 g/mol. The van der Waals surface area contributed by atoms with Gasteiger partial charge < -0.3 is 14.4 Å². The maximum absolute atomic E-state index is 12.3. The zero-order chi connectivity index (χ0) is 19.7. The number of carbonyl (C=O) groups is 1. The maximum Gasteiger partial charge on any atom is 0.412 e. The molecule has 0 bridgehead atoms. The third-order valence-corrected chi connectivity index (χ3v) is 5.15. The number of nitrogens with one attached hydrogen (secondary N) is 1. The molecule has 0 fully saturated rings. The summed E-state index contributed by atoms with van der Waals surface area (Å²) in [7, 11) is 0. The van der Waals surface area contributed by atoms with Crippen molar-refractivity contribution in [2.45, 2.75) is 25.2 Å². The van der Waals surface area contributed by atoms with E-state index in [-0.39, 0.29) is 24.9 Å². The molecule has 0 saturated heterocycles. The van der Waals surface area contributed by atoms with Crippen LogP contribution in [-0.4, -0.2) is 29.6 Å². The van der Waals surface area contributed by atoms with Crippen molar-refractivity contribution in [1.29, 1.82) is 0 Å². The van der Waals surface area contributed by atoms with Gasteiger partial charge in [0.1, 0.15) is 12.4 Å². The van der Waals surface area contributed by atoms with Crippen LogP contribution in [0.4, 0.5) is 10.6 Å². The van der Waals surface area contributed by atoms with Gasteiger partial charge in [0.25, 0.3) is 0 Å². The summed E-state index contributed by atoms with van der Waals surface area (Å²) in [6.45, 7) is 3.79. The molecule has 6 heteroatoms. The molecule has 3 aromatic rings. The van der Waals surface area contributed by atoms with E-state index in [1.165, 1.54) is 11.1 Å². The van der Waals surface area contributed by atoms with Crippen LogP contribution >= 0.6 is 0 Å². The van der Waals surface area contributed by atoms with Crippen LogP contribution in [0.2, 0.25) is 0 Å². The number of benzene rings is 2. The number of aromatic nitrogens is 1. The summed E-state index contributed by atoms with van der Waals surface area (Å²) >= 11 is 0. The van der Waals surface area contributed by atoms with Gasteiger partial charge in [0.15, 0.2) is 5.82 Å². The first kappa shape index (κ1) is 18.3. The molecule has 28 heavy (non-hydrogen) atoms. The lowest BCUT2D eigenvalue weighted by molar-refractivity contribution is 0.158. The number of carbonyl (C=O) groups excluding carboxylic acids is 1.